The summed E-state index contributed by atoms with van der Waals surface area (Å²) in [5.74, 6) is 0.901. The Balaban J connectivity index is 0.00000259. The third kappa shape index (κ3) is 3.69. The summed E-state index contributed by atoms with van der Waals surface area (Å²) in [6.45, 7) is 4.82. The van der Waals surface area contributed by atoms with Crippen LogP contribution >= 0.6 is 0 Å². The van der Waals surface area contributed by atoms with Gasteiger partial charge in [-0.3, -0.25) is 9.48 Å². The number of aryl methyl sites for hydroxylation is 1. The topological polar surface area (TPSA) is 67.6 Å². The Hall–Kier alpha value is -3.12. The van der Waals surface area contributed by atoms with Crippen molar-refractivity contribution >= 4 is 5.91 Å². The van der Waals surface area contributed by atoms with Gasteiger partial charge in [0.05, 0.1) is 5.60 Å². The van der Waals surface area contributed by atoms with Crippen molar-refractivity contribution in [2.45, 2.75) is 44.3 Å². The van der Waals surface area contributed by atoms with E-state index in [9.17, 15) is 9.90 Å². The average molecular weight is 434 g/mol. The van der Waals surface area contributed by atoms with Gasteiger partial charge in [-0.1, -0.05) is 24.3 Å². The fourth-order valence-electron chi connectivity index (χ4n) is 4.93. The minimum absolute atomic E-state index is 0. The Labute approximate surface area is 189 Å². The number of carbonyl (C=O) groups excluding carboxylic acids is 1. The molecule has 6 heteroatoms. The first-order valence-electron chi connectivity index (χ1n) is 11.2. The number of rotatable bonds is 3. The van der Waals surface area contributed by atoms with Crippen LogP contribution < -0.4 is 4.74 Å². The number of ether oxygens (including phenoxy) is 1. The Kier molecular flexibility index (Phi) is 4.86. The summed E-state index contributed by atoms with van der Waals surface area (Å²) in [5.41, 5.74) is 3.60. The van der Waals surface area contributed by atoms with Crippen molar-refractivity contribution in [2.75, 3.05) is 13.1 Å². The van der Waals surface area contributed by atoms with Gasteiger partial charge in [-0.25, -0.2) is 0 Å². The van der Waals surface area contributed by atoms with Crippen molar-refractivity contribution in [1.29, 1.82) is 0 Å². The van der Waals surface area contributed by atoms with Crippen LogP contribution in [0.4, 0.5) is 0 Å². The van der Waals surface area contributed by atoms with Crippen molar-refractivity contribution in [3.05, 3.63) is 71.4 Å². The molecule has 0 radical (unpaired) electrons. The van der Waals surface area contributed by atoms with Gasteiger partial charge in [0.25, 0.3) is 5.91 Å². The second-order valence-electron chi connectivity index (χ2n) is 9.64. The lowest BCUT2D eigenvalue weighted by molar-refractivity contribution is -0.00166. The molecular formula is C26H31N3O3. The van der Waals surface area contributed by atoms with Crippen LogP contribution in [0.3, 0.4) is 0 Å². The van der Waals surface area contributed by atoms with E-state index in [0.29, 0.717) is 25.1 Å². The zero-order chi connectivity index (χ0) is 22.5. The van der Waals surface area contributed by atoms with Crippen LogP contribution in [0.25, 0.3) is 11.3 Å². The summed E-state index contributed by atoms with van der Waals surface area (Å²) in [4.78, 5) is 15.0. The van der Waals surface area contributed by atoms with Crippen LogP contribution in [-0.4, -0.2) is 44.4 Å². The maximum atomic E-state index is 13.1. The zero-order valence-corrected chi connectivity index (χ0v) is 18.8. The molecule has 3 heterocycles. The van der Waals surface area contributed by atoms with Crippen molar-refractivity contribution in [2.24, 2.45) is 7.05 Å². The zero-order valence-electron chi connectivity index (χ0n) is 18.8. The van der Waals surface area contributed by atoms with Gasteiger partial charge < -0.3 is 14.7 Å². The Morgan fingerprint density at radius 1 is 1.16 bits per heavy atom. The van der Waals surface area contributed by atoms with E-state index in [1.807, 2.05) is 65.2 Å². The number of likely N-dealkylation sites (tertiary alicyclic amines) is 1. The maximum absolute atomic E-state index is 13.1. The number of aliphatic hydroxyl groups is 1. The van der Waals surface area contributed by atoms with Gasteiger partial charge in [-0.15, -0.1) is 0 Å². The highest BCUT2D eigenvalue weighted by molar-refractivity contribution is 5.94. The van der Waals surface area contributed by atoms with E-state index >= 15 is 0 Å². The van der Waals surface area contributed by atoms with E-state index in [4.69, 9.17) is 9.84 Å². The number of fused-ring (bicyclic) bond motifs is 4. The number of piperidine rings is 1. The monoisotopic (exact) mass is 433 g/mol. The number of amides is 1. The predicted molar refractivity (Wildman–Crippen MR) is 125 cm³/mol. The molecule has 2 aliphatic heterocycles. The predicted octanol–water partition coefficient (Wildman–Crippen LogP) is 4.17. The summed E-state index contributed by atoms with van der Waals surface area (Å²) in [6.07, 6.45) is 4.06. The number of hydrogen-bond acceptors (Lipinski definition) is 4. The fraction of sp³-hybridized carbons (Fsp3) is 0.385. The first-order valence-corrected chi connectivity index (χ1v) is 11.2. The lowest BCUT2D eigenvalue weighted by Gasteiger charge is -2.44. The molecule has 1 aromatic heterocycles. The molecule has 1 spiro atoms. The minimum atomic E-state index is -0.767. The Morgan fingerprint density at radius 3 is 2.53 bits per heavy atom. The SMILES string of the molecule is Cn1cc2c(n1)-c1ccccc1OC21CCN(C(=O)c2ccc(CC(C)(C)O)cc2)CC1.[HH]. The van der Waals surface area contributed by atoms with Gasteiger partial charge in [0.15, 0.2) is 0 Å². The number of aromatic nitrogens is 2. The molecule has 1 N–H and O–H groups in total. The number of carbonyl (C=O) groups is 1. The summed E-state index contributed by atoms with van der Waals surface area (Å²) in [7, 11) is 1.94. The molecule has 2 aliphatic rings. The van der Waals surface area contributed by atoms with Gasteiger partial charge in [0.2, 0.25) is 0 Å². The largest absolute Gasteiger partial charge is 0.482 e. The molecule has 0 unspecified atom stereocenters. The Bertz CT molecular complexity index is 1160. The van der Waals surface area contributed by atoms with E-state index in [1.165, 1.54) is 0 Å². The third-order valence-electron chi connectivity index (χ3n) is 6.46. The van der Waals surface area contributed by atoms with Crippen molar-refractivity contribution in [1.82, 2.24) is 14.7 Å². The quantitative estimate of drug-likeness (QED) is 0.673. The molecule has 32 heavy (non-hydrogen) atoms. The molecule has 1 saturated heterocycles. The number of hydrogen-bond donors (Lipinski definition) is 1. The van der Waals surface area contributed by atoms with Crippen molar-refractivity contribution < 1.29 is 16.1 Å². The molecule has 1 amide bonds. The second-order valence-corrected chi connectivity index (χ2v) is 9.64. The summed E-state index contributed by atoms with van der Waals surface area (Å²) in [5, 5.41) is 14.7. The molecule has 6 nitrogen and oxygen atoms in total. The lowest BCUT2D eigenvalue weighted by atomic mass is 9.81. The van der Waals surface area contributed by atoms with E-state index in [2.05, 4.69) is 6.20 Å². The molecule has 0 bridgehead atoms. The molecule has 5 rings (SSSR count). The highest BCUT2D eigenvalue weighted by atomic mass is 16.5. The molecule has 3 aromatic rings. The molecule has 168 valence electrons. The van der Waals surface area contributed by atoms with Gasteiger partial charge in [0, 0.05) is 63.7 Å². The molecule has 0 saturated carbocycles. The molecule has 0 atom stereocenters. The first-order chi connectivity index (χ1) is 15.2. The smallest absolute Gasteiger partial charge is 0.253 e. The van der Waals surface area contributed by atoms with Gasteiger partial charge in [0.1, 0.15) is 17.0 Å². The molecule has 0 aliphatic carbocycles. The van der Waals surface area contributed by atoms with Crippen molar-refractivity contribution in [3.63, 3.8) is 0 Å². The highest BCUT2D eigenvalue weighted by Crippen LogP contribution is 2.48. The average Bonchev–Trinajstić information content (AvgIpc) is 3.16. The normalized spacial score (nSPS) is 16.9. The van der Waals surface area contributed by atoms with Gasteiger partial charge >= 0.3 is 0 Å². The molecule has 1 fully saturated rings. The van der Waals surface area contributed by atoms with E-state index in [0.717, 1.165) is 41.0 Å². The first kappa shape index (κ1) is 20.8. The fourth-order valence-corrected chi connectivity index (χ4v) is 4.93. The van der Waals surface area contributed by atoms with Crippen LogP contribution in [0.2, 0.25) is 0 Å². The third-order valence-corrected chi connectivity index (χ3v) is 6.46. The van der Waals surface area contributed by atoms with Crippen molar-refractivity contribution in [3.8, 4) is 17.0 Å². The minimum Gasteiger partial charge on any atom is -0.482 e. The maximum Gasteiger partial charge on any atom is 0.253 e. The van der Waals surface area contributed by atoms with Crippen LogP contribution in [0.1, 0.15) is 49.6 Å². The summed E-state index contributed by atoms with van der Waals surface area (Å²) >= 11 is 0. The Morgan fingerprint density at radius 2 is 1.84 bits per heavy atom. The summed E-state index contributed by atoms with van der Waals surface area (Å²) < 4.78 is 8.43. The molecular weight excluding hydrogens is 402 g/mol. The van der Waals surface area contributed by atoms with Crippen LogP contribution in [0.5, 0.6) is 5.75 Å². The van der Waals surface area contributed by atoms with Crippen LogP contribution in [-0.2, 0) is 19.1 Å². The van der Waals surface area contributed by atoms with E-state index in [-0.39, 0.29) is 7.33 Å². The van der Waals surface area contributed by atoms with Gasteiger partial charge in [-0.05, 0) is 43.7 Å². The van der Waals surface area contributed by atoms with E-state index < -0.39 is 11.2 Å². The molecule has 2 aromatic carbocycles. The van der Waals surface area contributed by atoms with Gasteiger partial charge in [-0.2, -0.15) is 5.10 Å². The second kappa shape index (κ2) is 7.48. The number of nitrogens with zero attached hydrogens (tertiary/aromatic N) is 3. The standard InChI is InChI=1S/C26H29N3O3.H2/c1-25(2,31)16-18-8-10-19(11-9-18)24(30)29-14-12-26(13-15-29)21-17-28(3)27-23(21)20-6-4-5-7-22(20)32-26;/h4-11,17,31H,12-16H2,1-3H3;1H. The highest BCUT2D eigenvalue weighted by Gasteiger charge is 2.45. The summed E-state index contributed by atoms with van der Waals surface area (Å²) in [6, 6.07) is 15.6. The lowest BCUT2D eigenvalue weighted by Crippen LogP contribution is -2.49. The van der Waals surface area contributed by atoms with E-state index in [1.54, 1.807) is 13.8 Å². The van der Waals surface area contributed by atoms with Crippen LogP contribution in [0, 0.1) is 0 Å². The number of para-hydroxylation sites is 1. The number of benzene rings is 2. The van der Waals surface area contributed by atoms with Crippen LogP contribution in [0.15, 0.2) is 54.7 Å².